The van der Waals surface area contributed by atoms with Gasteiger partial charge in [-0.05, 0) is 25.2 Å². The van der Waals surface area contributed by atoms with Crippen LogP contribution >= 0.6 is 12.2 Å². The van der Waals surface area contributed by atoms with E-state index in [4.69, 9.17) is 26.8 Å². The minimum absolute atomic E-state index is 0.608. The topological polar surface area (TPSA) is 44.5 Å². The average molecular weight is 348 g/mol. The number of aromatic nitrogens is 3. The predicted octanol–water partition coefficient (Wildman–Crippen LogP) is 2.33. The predicted molar refractivity (Wildman–Crippen MR) is 95.5 cm³/mol. The highest BCUT2D eigenvalue weighted by molar-refractivity contribution is 7.71. The molecule has 0 amide bonds. The van der Waals surface area contributed by atoms with E-state index >= 15 is 0 Å². The lowest BCUT2D eigenvalue weighted by molar-refractivity contribution is 0.0209. The van der Waals surface area contributed by atoms with E-state index in [9.17, 15) is 0 Å². The molecule has 6 nitrogen and oxygen atoms in total. The van der Waals surface area contributed by atoms with E-state index < -0.39 is 0 Å². The van der Waals surface area contributed by atoms with E-state index in [0.717, 1.165) is 42.5 Å². The maximum atomic E-state index is 5.68. The van der Waals surface area contributed by atoms with Crippen molar-refractivity contribution in [2.75, 3.05) is 40.0 Å². The van der Waals surface area contributed by atoms with Crippen LogP contribution in [0.1, 0.15) is 5.56 Å². The molecule has 2 heterocycles. The zero-order valence-corrected chi connectivity index (χ0v) is 15.1. The largest absolute Gasteiger partial charge is 0.383 e. The van der Waals surface area contributed by atoms with Crippen LogP contribution in [0.3, 0.4) is 0 Å². The molecule has 0 saturated carbocycles. The monoisotopic (exact) mass is 348 g/mol. The van der Waals surface area contributed by atoms with Gasteiger partial charge in [-0.2, -0.15) is 5.10 Å². The molecule has 24 heavy (non-hydrogen) atoms. The molecular weight excluding hydrogens is 324 g/mol. The summed E-state index contributed by atoms with van der Waals surface area (Å²) >= 11 is 5.68. The Bertz CT molecular complexity index is 734. The van der Waals surface area contributed by atoms with Crippen molar-refractivity contribution in [2.24, 2.45) is 0 Å². The first kappa shape index (κ1) is 17.3. The highest BCUT2D eigenvalue weighted by atomic mass is 32.1. The Morgan fingerprint density at radius 3 is 2.79 bits per heavy atom. The number of methoxy groups -OCH3 is 1. The van der Waals surface area contributed by atoms with E-state index in [2.05, 4.69) is 40.7 Å². The molecule has 1 saturated heterocycles. The standard InChI is InChI=1S/C17H24N4O2S/c1-14-4-3-5-15(12-14)16-18-21(13-19-6-10-23-11-7-19)17(24)20(16)8-9-22-2/h3-5,12H,6-11,13H2,1-2H3. The lowest BCUT2D eigenvalue weighted by Crippen LogP contribution is -2.37. The van der Waals surface area contributed by atoms with Crippen LogP contribution in [-0.2, 0) is 22.7 Å². The van der Waals surface area contributed by atoms with Gasteiger partial charge in [0.1, 0.15) is 0 Å². The zero-order chi connectivity index (χ0) is 16.9. The van der Waals surface area contributed by atoms with E-state index in [1.54, 1.807) is 7.11 Å². The second kappa shape index (κ2) is 8.02. The summed E-state index contributed by atoms with van der Waals surface area (Å²) in [4.78, 5) is 2.31. The Kier molecular flexibility index (Phi) is 5.78. The summed E-state index contributed by atoms with van der Waals surface area (Å²) in [5.41, 5.74) is 2.29. The summed E-state index contributed by atoms with van der Waals surface area (Å²) in [7, 11) is 1.70. The van der Waals surface area contributed by atoms with Crippen LogP contribution in [0.2, 0.25) is 0 Å². The van der Waals surface area contributed by atoms with Crippen molar-refractivity contribution >= 4 is 12.2 Å². The lowest BCUT2D eigenvalue weighted by Gasteiger charge is -2.26. The normalized spacial score (nSPS) is 15.8. The van der Waals surface area contributed by atoms with Crippen molar-refractivity contribution < 1.29 is 9.47 Å². The zero-order valence-electron chi connectivity index (χ0n) is 14.3. The molecule has 2 aromatic rings. The van der Waals surface area contributed by atoms with Crippen LogP contribution in [0.25, 0.3) is 11.4 Å². The average Bonchev–Trinajstić information content (AvgIpc) is 2.90. The van der Waals surface area contributed by atoms with E-state index in [-0.39, 0.29) is 0 Å². The van der Waals surface area contributed by atoms with Crippen molar-refractivity contribution in [3.05, 3.63) is 34.6 Å². The van der Waals surface area contributed by atoms with Crippen molar-refractivity contribution in [2.45, 2.75) is 20.1 Å². The molecule has 7 heteroatoms. The third kappa shape index (κ3) is 3.92. The Balaban J connectivity index is 1.94. The number of nitrogens with zero attached hydrogens (tertiary/aromatic N) is 4. The van der Waals surface area contributed by atoms with Crippen LogP contribution < -0.4 is 0 Å². The fourth-order valence-electron chi connectivity index (χ4n) is 2.85. The summed E-state index contributed by atoms with van der Waals surface area (Å²) < 4.78 is 15.4. The second-order valence-corrected chi connectivity index (χ2v) is 6.36. The summed E-state index contributed by atoms with van der Waals surface area (Å²) in [6.07, 6.45) is 0. The van der Waals surface area contributed by atoms with Gasteiger partial charge in [-0.3, -0.25) is 9.47 Å². The first-order chi connectivity index (χ1) is 11.7. The van der Waals surface area contributed by atoms with Crippen molar-refractivity contribution in [3.63, 3.8) is 0 Å². The molecule has 1 aromatic heterocycles. The highest BCUT2D eigenvalue weighted by Crippen LogP contribution is 2.20. The highest BCUT2D eigenvalue weighted by Gasteiger charge is 2.16. The van der Waals surface area contributed by atoms with Gasteiger partial charge in [0.25, 0.3) is 0 Å². The van der Waals surface area contributed by atoms with Gasteiger partial charge >= 0.3 is 0 Å². The molecule has 0 atom stereocenters. The number of benzene rings is 1. The Labute approximate surface area is 147 Å². The molecule has 130 valence electrons. The van der Waals surface area contributed by atoms with Gasteiger partial charge in [-0.1, -0.05) is 23.8 Å². The quantitative estimate of drug-likeness (QED) is 0.750. The smallest absolute Gasteiger partial charge is 0.199 e. The minimum Gasteiger partial charge on any atom is -0.383 e. The van der Waals surface area contributed by atoms with Crippen LogP contribution in [0.4, 0.5) is 0 Å². The number of ether oxygens (including phenoxy) is 2. The molecule has 0 N–H and O–H groups in total. The maximum absolute atomic E-state index is 5.68. The molecule has 3 rings (SSSR count). The Hall–Kier alpha value is -1.54. The van der Waals surface area contributed by atoms with Gasteiger partial charge in [-0.15, -0.1) is 0 Å². The van der Waals surface area contributed by atoms with Gasteiger partial charge < -0.3 is 9.47 Å². The summed E-state index contributed by atoms with van der Waals surface area (Å²) in [5, 5.41) is 4.81. The fraction of sp³-hybridized carbons (Fsp3) is 0.529. The third-order valence-electron chi connectivity index (χ3n) is 4.16. The van der Waals surface area contributed by atoms with Gasteiger partial charge in [0.2, 0.25) is 0 Å². The molecule has 1 aliphatic heterocycles. The number of morpholine rings is 1. The molecule has 0 spiro atoms. The Morgan fingerprint density at radius 2 is 2.08 bits per heavy atom. The van der Waals surface area contributed by atoms with Gasteiger partial charge in [0, 0.05) is 25.8 Å². The fourth-order valence-corrected chi connectivity index (χ4v) is 3.12. The number of rotatable bonds is 6. The van der Waals surface area contributed by atoms with Crippen molar-refractivity contribution in [1.29, 1.82) is 0 Å². The summed E-state index contributed by atoms with van der Waals surface area (Å²) in [6.45, 7) is 7.44. The summed E-state index contributed by atoms with van der Waals surface area (Å²) in [5.74, 6) is 0.897. The van der Waals surface area contributed by atoms with E-state index in [1.807, 2.05) is 4.68 Å². The number of hydrogen-bond acceptors (Lipinski definition) is 5. The number of aryl methyl sites for hydroxylation is 1. The van der Waals surface area contributed by atoms with Crippen LogP contribution in [0.5, 0.6) is 0 Å². The summed E-state index contributed by atoms with van der Waals surface area (Å²) in [6, 6.07) is 8.35. The van der Waals surface area contributed by atoms with E-state index in [1.165, 1.54) is 5.56 Å². The molecule has 0 unspecified atom stereocenters. The molecule has 1 aromatic carbocycles. The van der Waals surface area contributed by atoms with Crippen LogP contribution in [0, 0.1) is 11.7 Å². The lowest BCUT2D eigenvalue weighted by atomic mass is 10.1. The second-order valence-electron chi connectivity index (χ2n) is 5.99. The third-order valence-corrected chi connectivity index (χ3v) is 4.59. The SMILES string of the molecule is COCCn1c(-c2cccc(C)c2)nn(CN2CCOCC2)c1=S. The molecule has 0 aliphatic carbocycles. The van der Waals surface area contributed by atoms with Gasteiger partial charge in [-0.25, -0.2) is 4.68 Å². The minimum atomic E-state index is 0.608. The van der Waals surface area contributed by atoms with Crippen LogP contribution in [-0.4, -0.2) is 59.3 Å². The molecule has 0 radical (unpaired) electrons. The van der Waals surface area contributed by atoms with Crippen LogP contribution in [0.15, 0.2) is 24.3 Å². The first-order valence-electron chi connectivity index (χ1n) is 8.23. The van der Waals surface area contributed by atoms with Gasteiger partial charge in [0.05, 0.1) is 33.0 Å². The first-order valence-corrected chi connectivity index (χ1v) is 8.63. The van der Waals surface area contributed by atoms with Crippen molar-refractivity contribution in [1.82, 2.24) is 19.2 Å². The van der Waals surface area contributed by atoms with E-state index in [0.29, 0.717) is 19.8 Å². The van der Waals surface area contributed by atoms with Gasteiger partial charge in [0.15, 0.2) is 10.6 Å². The van der Waals surface area contributed by atoms with Crippen molar-refractivity contribution in [3.8, 4) is 11.4 Å². The molecule has 1 fully saturated rings. The molecule has 1 aliphatic rings. The number of hydrogen-bond donors (Lipinski definition) is 0. The molecular formula is C17H24N4O2S. The maximum Gasteiger partial charge on any atom is 0.199 e. The Morgan fingerprint density at radius 1 is 1.29 bits per heavy atom. The molecule has 0 bridgehead atoms.